The fourth-order valence-corrected chi connectivity index (χ4v) is 3.87. The average molecular weight is 414 g/mol. The highest BCUT2D eigenvalue weighted by Gasteiger charge is 2.36. The van der Waals surface area contributed by atoms with Crippen molar-refractivity contribution in [2.24, 2.45) is 16.6 Å². The Morgan fingerprint density at radius 2 is 2.00 bits per heavy atom. The Bertz CT molecular complexity index is 491. The van der Waals surface area contributed by atoms with E-state index in [2.05, 4.69) is 45.1 Å². The van der Waals surface area contributed by atoms with Gasteiger partial charge in [0.05, 0.1) is 0 Å². The zero-order chi connectivity index (χ0) is 14.7. The molecule has 0 amide bonds. The number of nitrogens with two attached hydrogens (primary N) is 1. The van der Waals surface area contributed by atoms with E-state index in [4.69, 9.17) is 5.73 Å². The molecule has 2 fully saturated rings. The second-order valence-corrected chi connectivity index (χ2v) is 6.24. The van der Waals surface area contributed by atoms with Crippen LogP contribution in [0.5, 0.6) is 0 Å². The van der Waals surface area contributed by atoms with E-state index in [-0.39, 0.29) is 24.0 Å². The minimum Gasteiger partial charge on any atom is -0.370 e. The molecule has 3 rings (SSSR count). The van der Waals surface area contributed by atoms with Gasteiger partial charge in [0.1, 0.15) is 0 Å². The van der Waals surface area contributed by atoms with Crippen LogP contribution >= 0.6 is 24.0 Å². The van der Waals surface area contributed by atoms with Gasteiger partial charge in [0.2, 0.25) is 0 Å². The number of guanidine groups is 1. The number of halogens is 1. The number of piperidine rings is 2. The van der Waals surface area contributed by atoms with Crippen molar-refractivity contribution in [2.45, 2.75) is 31.8 Å². The smallest absolute Gasteiger partial charge is 0.190 e. The summed E-state index contributed by atoms with van der Waals surface area (Å²) in [5, 5.41) is 0. The molecule has 0 saturated carbocycles. The standard InChI is InChI=1S/C17H26N4.HI/c1-19-17(18)21-11-9-16-15(13-21)8-5-10-20(16)12-14-6-3-2-4-7-14;/h2-4,6-7,15-16H,5,8-13H2,1H3,(H2,18,19);1H. The first-order valence-electron chi connectivity index (χ1n) is 8.03. The van der Waals surface area contributed by atoms with Gasteiger partial charge in [-0.15, -0.1) is 24.0 Å². The summed E-state index contributed by atoms with van der Waals surface area (Å²) in [5.41, 5.74) is 7.42. The van der Waals surface area contributed by atoms with E-state index in [1.165, 1.54) is 31.4 Å². The lowest BCUT2D eigenvalue weighted by atomic mass is 9.83. The fourth-order valence-electron chi connectivity index (χ4n) is 3.87. The summed E-state index contributed by atoms with van der Waals surface area (Å²) < 4.78 is 0. The summed E-state index contributed by atoms with van der Waals surface area (Å²) in [5.74, 6) is 1.44. The molecule has 0 spiro atoms. The maximum absolute atomic E-state index is 5.99. The molecule has 5 heteroatoms. The van der Waals surface area contributed by atoms with Crippen molar-refractivity contribution in [2.75, 3.05) is 26.7 Å². The Hall–Kier alpha value is -0.820. The van der Waals surface area contributed by atoms with Gasteiger partial charge in [-0.05, 0) is 37.3 Å². The summed E-state index contributed by atoms with van der Waals surface area (Å²) in [6.45, 7) is 4.42. The van der Waals surface area contributed by atoms with Gasteiger partial charge in [0.15, 0.2) is 5.96 Å². The number of nitrogens with zero attached hydrogens (tertiary/aromatic N) is 3. The maximum atomic E-state index is 5.99. The summed E-state index contributed by atoms with van der Waals surface area (Å²) in [4.78, 5) is 9.08. The van der Waals surface area contributed by atoms with Gasteiger partial charge in [-0.3, -0.25) is 9.89 Å². The SMILES string of the molecule is CN=C(N)N1CCC2C(CCCN2Cc2ccccc2)C1.I. The van der Waals surface area contributed by atoms with E-state index in [9.17, 15) is 0 Å². The van der Waals surface area contributed by atoms with Crippen molar-refractivity contribution in [1.29, 1.82) is 0 Å². The number of benzene rings is 1. The first kappa shape index (κ1) is 17.5. The molecular formula is C17H27IN4. The van der Waals surface area contributed by atoms with Gasteiger partial charge in [0, 0.05) is 32.7 Å². The lowest BCUT2D eigenvalue weighted by molar-refractivity contribution is 0.0378. The van der Waals surface area contributed by atoms with Gasteiger partial charge in [-0.25, -0.2) is 0 Å². The number of aliphatic imine (C=N–C) groups is 1. The van der Waals surface area contributed by atoms with Gasteiger partial charge in [-0.1, -0.05) is 30.3 Å². The first-order valence-corrected chi connectivity index (χ1v) is 8.03. The monoisotopic (exact) mass is 414 g/mol. The minimum absolute atomic E-state index is 0. The first-order chi connectivity index (χ1) is 10.3. The normalized spacial score (nSPS) is 26.2. The number of rotatable bonds is 2. The fraction of sp³-hybridized carbons (Fsp3) is 0.588. The van der Waals surface area contributed by atoms with Crippen molar-refractivity contribution in [3.05, 3.63) is 35.9 Å². The molecule has 2 aliphatic heterocycles. The summed E-state index contributed by atoms with van der Waals surface area (Å²) in [7, 11) is 1.78. The molecule has 1 aromatic rings. The molecule has 1 aromatic carbocycles. The molecule has 0 aliphatic carbocycles. The second kappa shape index (κ2) is 8.15. The highest BCUT2D eigenvalue weighted by molar-refractivity contribution is 14.0. The van der Waals surface area contributed by atoms with Gasteiger partial charge < -0.3 is 10.6 Å². The molecule has 2 unspecified atom stereocenters. The summed E-state index contributed by atoms with van der Waals surface area (Å²) >= 11 is 0. The van der Waals surface area contributed by atoms with E-state index in [1.807, 2.05) is 0 Å². The number of fused-ring (bicyclic) bond motifs is 1. The van der Waals surface area contributed by atoms with Crippen LogP contribution in [0, 0.1) is 5.92 Å². The van der Waals surface area contributed by atoms with Crippen LogP contribution in [-0.2, 0) is 6.54 Å². The van der Waals surface area contributed by atoms with Crippen molar-refractivity contribution in [3.8, 4) is 0 Å². The van der Waals surface area contributed by atoms with Crippen LogP contribution in [0.4, 0.5) is 0 Å². The Balaban J connectivity index is 0.00000176. The van der Waals surface area contributed by atoms with Crippen molar-refractivity contribution in [3.63, 3.8) is 0 Å². The van der Waals surface area contributed by atoms with E-state index < -0.39 is 0 Å². The zero-order valence-corrected chi connectivity index (χ0v) is 15.6. The predicted molar refractivity (Wildman–Crippen MR) is 103 cm³/mol. The zero-order valence-electron chi connectivity index (χ0n) is 13.3. The Morgan fingerprint density at radius 1 is 1.23 bits per heavy atom. The van der Waals surface area contributed by atoms with E-state index in [0.29, 0.717) is 12.0 Å². The molecular weight excluding hydrogens is 387 g/mol. The maximum Gasteiger partial charge on any atom is 0.190 e. The minimum atomic E-state index is 0. The molecule has 2 saturated heterocycles. The third kappa shape index (κ3) is 3.93. The van der Waals surface area contributed by atoms with E-state index >= 15 is 0 Å². The highest BCUT2D eigenvalue weighted by atomic mass is 127. The molecule has 0 bridgehead atoms. The van der Waals surface area contributed by atoms with Gasteiger partial charge in [-0.2, -0.15) is 0 Å². The van der Waals surface area contributed by atoms with Crippen LogP contribution in [0.25, 0.3) is 0 Å². The van der Waals surface area contributed by atoms with Gasteiger partial charge in [0.25, 0.3) is 0 Å². The molecule has 2 atom stereocenters. The van der Waals surface area contributed by atoms with Crippen LogP contribution in [0.3, 0.4) is 0 Å². The largest absolute Gasteiger partial charge is 0.370 e. The average Bonchev–Trinajstić information content (AvgIpc) is 2.55. The predicted octanol–water partition coefficient (Wildman–Crippen LogP) is 2.54. The summed E-state index contributed by atoms with van der Waals surface area (Å²) in [6, 6.07) is 11.5. The van der Waals surface area contributed by atoms with Crippen LogP contribution in [0.15, 0.2) is 35.3 Å². The Morgan fingerprint density at radius 3 is 2.73 bits per heavy atom. The lowest BCUT2D eigenvalue weighted by Gasteiger charge is -2.47. The number of likely N-dealkylation sites (tertiary alicyclic amines) is 2. The van der Waals surface area contributed by atoms with Crippen molar-refractivity contribution in [1.82, 2.24) is 9.80 Å². The number of hydrogen-bond donors (Lipinski definition) is 1. The van der Waals surface area contributed by atoms with Crippen LogP contribution in [-0.4, -0.2) is 48.5 Å². The lowest BCUT2D eigenvalue weighted by Crippen LogP contribution is -2.56. The second-order valence-electron chi connectivity index (χ2n) is 6.24. The van der Waals surface area contributed by atoms with Crippen molar-refractivity contribution >= 4 is 29.9 Å². The van der Waals surface area contributed by atoms with Gasteiger partial charge >= 0.3 is 0 Å². The molecule has 2 N–H and O–H groups in total. The van der Waals surface area contributed by atoms with Crippen LogP contribution in [0.2, 0.25) is 0 Å². The van der Waals surface area contributed by atoms with Crippen LogP contribution in [0.1, 0.15) is 24.8 Å². The summed E-state index contributed by atoms with van der Waals surface area (Å²) in [6.07, 6.45) is 3.82. The van der Waals surface area contributed by atoms with Crippen molar-refractivity contribution < 1.29 is 0 Å². The molecule has 122 valence electrons. The molecule has 4 nitrogen and oxygen atoms in total. The van der Waals surface area contributed by atoms with E-state index in [0.717, 1.165) is 25.6 Å². The van der Waals surface area contributed by atoms with Crippen LogP contribution < -0.4 is 5.73 Å². The molecule has 2 aliphatic rings. The molecule has 22 heavy (non-hydrogen) atoms. The third-order valence-electron chi connectivity index (χ3n) is 4.96. The molecule has 0 aromatic heterocycles. The quantitative estimate of drug-likeness (QED) is 0.460. The molecule has 2 heterocycles. The Labute approximate surface area is 150 Å². The molecule has 0 radical (unpaired) electrons. The highest BCUT2D eigenvalue weighted by Crippen LogP contribution is 2.31. The Kier molecular flexibility index (Phi) is 6.50. The number of hydrogen-bond acceptors (Lipinski definition) is 2. The van der Waals surface area contributed by atoms with E-state index in [1.54, 1.807) is 7.05 Å². The third-order valence-corrected chi connectivity index (χ3v) is 4.96. The topological polar surface area (TPSA) is 44.9 Å².